The lowest BCUT2D eigenvalue weighted by atomic mass is 9.86. The van der Waals surface area contributed by atoms with E-state index in [-0.39, 0.29) is 17.9 Å². The Balaban J connectivity index is 1.62. The number of benzene rings is 1. The summed E-state index contributed by atoms with van der Waals surface area (Å²) in [5.74, 6) is 0.117. The average molecular weight is 535 g/mol. The van der Waals surface area contributed by atoms with Crippen LogP contribution in [0.15, 0.2) is 18.2 Å². The first-order valence-corrected chi connectivity index (χ1v) is 13.9. The Morgan fingerprint density at radius 2 is 1.78 bits per heavy atom. The summed E-state index contributed by atoms with van der Waals surface area (Å²) < 4.78 is 70.8. The van der Waals surface area contributed by atoms with Gasteiger partial charge in [0.25, 0.3) is 0 Å². The van der Waals surface area contributed by atoms with Gasteiger partial charge in [0.15, 0.2) is 0 Å². The van der Waals surface area contributed by atoms with E-state index in [0.29, 0.717) is 25.4 Å². The van der Waals surface area contributed by atoms with Crippen LogP contribution in [-0.4, -0.2) is 67.6 Å². The molecule has 1 aliphatic carbocycles. The second-order valence-electron chi connectivity index (χ2n) is 10.7. The van der Waals surface area contributed by atoms with Crippen molar-refractivity contribution in [2.24, 2.45) is 5.92 Å². The van der Waals surface area contributed by atoms with Gasteiger partial charge >= 0.3 is 21.7 Å². The predicted octanol–water partition coefficient (Wildman–Crippen LogP) is 5.13. The Bertz CT molecular complexity index is 1020. The highest BCUT2D eigenvalue weighted by Gasteiger charge is 2.48. The van der Waals surface area contributed by atoms with Crippen molar-refractivity contribution in [3.05, 3.63) is 29.3 Å². The van der Waals surface area contributed by atoms with Gasteiger partial charge in [-0.3, -0.25) is 4.90 Å². The number of rotatable bonds is 7. The van der Waals surface area contributed by atoms with Crippen LogP contribution in [0, 0.1) is 5.92 Å². The van der Waals surface area contributed by atoms with Crippen molar-refractivity contribution in [3.63, 3.8) is 0 Å². The molecule has 1 heterocycles. The molecule has 0 bridgehead atoms. The molecule has 3 rings (SSSR count). The Kier molecular flexibility index (Phi) is 8.86. The zero-order valence-corrected chi connectivity index (χ0v) is 22.3. The molecule has 0 N–H and O–H groups in total. The molecule has 1 aromatic rings. The van der Waals surface area contributed by atoms with E-state index >= 15 is 0 Å². The van der Waals surface area contributed by atoms with E-state index in [1.54, 1.807) is 11.0 Å². The molecule has 1 aromatic carbocycles. The summed E-state index contributed by atoms with van der Waals surface area (Å²) in [7, 11) is -5.70. The topological polar surface area (TPSA) is 76.2 Å². The van der Waals surface area contributed by atoms with Crippen LogP contribution in [0.25, 0.3) is 0 Å². The Morgan fingerprint density at radius 1 is 1.11 bits per heavy atom. The highest BCUT2D eigenvalue weighted by Crippen LogP contribution is 2.32. The number of halogens is 3. The molecule has 0 aromatic heterocycles. The van der Waals surface area contributed by atoms with Crippen LogP contribution in [-0.2, 0) is 27.7 Å². The van der Waals surface area contributed by atoms with Gasteiger partial charge in [-0.2, -0.15) is 21.6 Å². The molecule has 1 aliphatic heterocycles. The number of carbonyl (C=O) groups is 1. The van der Waals surface area contributed by atoms with Crippen molar-refractivity contribution in [1.29, 1.82) is 0 Å². The van der Waals surface area contributed by atoms with Crippen LogP contribution in [0.1, 0.15) is 64.5 Å². The molecular formula is C25H37F3N2O5S. The number of hydrogen-bond acceptors (Lipinski definition) is 6. The number of ether oxygens (including phenoxy) is 1. The first-order chi connectivity index (χ1) is 16.7. The van der Waals surface area contributed by atoms with Gasteiger partial charge in [-0.25, -0.2) is 4.79 Å². The van der Waals surface area contributed by atoms with E-state index in [2.05, 4.69) is 16.0 Å². The van der Waals surface area contributed by atoms with Crippen molar-refractivity contribution in [3.8, 4) is 5.75 Å². The van der Waals surface area contributed by atoms with Gasteiger partial charge in [-0.05, 0) is 95.0 Å². The number of piperidine rings is 1. The highest BCUT2D eigenvalue weighted by molar-refractivity contribution is 7.88. The number of hydrogen-bond donors (Lipinski definition) is 0. The lowest BCUT2D eigenvalue weighted by molar-refractivity contribution is -0.0500. The summed E-state index contributed by atoms with van der Waals surface area (Å²) in [5, 5.41) is 0. The minimum atomic E-state index is -5.70. The van der Waals surface area contributed by atoms with Crippen LogP contribution in [0.2, 0.25) is 0 Å². The Morgan fingerprint density at radius 3 is 2.36 bits per heavy atom. The number of alkyl halides is 3. The first kappa shape index (κ1) is 28.6. The SMILES string of the molecule is CCCN(CC1CCN(C(=O)OC(C)(C)C)CC1)C1CCc2ccc(OS(=O)(=O)C(F)(F)F)cc2C1. The number of aryl methyl sites for hydroxylation is 1. The molecule has 1 atom stereocenters. The van der Waals surface area contributed by atoms with Crippen LogP contribution in [0.3, 0.4) is 0 Å². The molecule has 0 saturated carbocycles. The zero-order chi connectivity index (χ0) is 26.7. The van der Waals surface area contributed by atoms with E-state index in [1.807, 2.05) is 20.8 Å². The molecule has 36 heavy (non-hydrogen) atoms. The lowest BCUT2D eigenvalue weighted by Gasteiger charge is -2.40. The van der Waals surface area contributed by atoms with Crippen LogP contribution in [0.4, 0.5) is 18.0 Å². The van der Waals surface area contributed by atoms with Gasteiger partial charge in [0.05, 0.1) is 0 Å². The summed E-state index contributed by atoms with van der Waals surface area (Å²) in [6.45, 7) is 10.8. The maximum Gasteiger partial charge on any atom is 0.534 e. The number of amides is 1. The van der Waals surface area contributed by atoms with Gasteiger partial charge in [-0.1, -0.05) is 13.0 Å². The molecule has 1 unspecified atom stereocenters. The predicted molar refractivity (Wildman–Crippen MR) is 130 cm³/mol. The van der Waals surface area contributed by atoms with Crippen LogP contribution in [0.5, 0.6) is 5.75 Å². The van der Waals surface area contributed by atoms with Crippen molar-refractivity contribution in [1.82, 2.24) is 9.80 Å². The largest absolute Gasteiger partial charge is 0.534 e. The first-order valence-electron chi connectivity index (χ1n) is 12.5. The van der Waals surface area contributed by atoms with Crippen LogP contribution < -0.4 is 4.18 Å². The fourth-order valence-corrected chi connectivity index (χ4v) is 5.37. The lowest BCUT2D eigenvalue weighted by Crippen LogP contribution is -2.46. The number of nitrogens with zero attached hydrogens (tertiary/aromatic N) is 2. The summed E-state index contributed by atoms with van der Waals surface area (Å²) in [6, 6.07) is 4.57. The van der Waals surface area contributed by atoms with Gasteiger partial charge < -0.3 is 13.8 Å². The molecule has 204 valence electrons. The third-order valence-electron chi connectivity index (χ3n) is 6.66. The molecule has 1 fully saturated rings. The fraction of sp³-hybridized carbons (Fsp3) is 0.720. The fourth-order valence-electron chi connectivity index (χ4n) is 4.92. The van der Waals surface area contributed by atoms with Crippen molar-refractivity contribution < 1.29 is 35.3 Å². The average Bonchev–Trinajstić information content (AvgIpc) is 2.76. The minimum Gasteiger partial charge on any atom is -0.444 e. The van der Waals surface area contributed by atoms with Crippen molar-refractivity contribution >= 4 is 16.2 Å². The van der Waals surface area contributed by atoms with Gasteiger partial charge in [0.1, 0.15) is 11.4 Å². The van der Waals surface area contributed by atoms with Gasteiger partial charge in [0, 0.05) is 25.7 Å². The minimum absolute atomic E-state index is 0.204. The third kappa shape index (κ3) is 7.50. The zero-order valence-electron chi connectivity index (χ0n) is 21.4. The van der Waals surface area contributed by atoms with E-state index in [9.17, 15) is 26.4 Å². The number of likely N-dealkylation sites (tertiary alicyclic amines) is 1. The molecule has 0 spiro atoms. The quantitative estimate of drug-likeness (QED) is 0.357. The standard InChI is InChI=1S/C25H37F3N2O5S/c1-5-12-30(17-18-10-13-29(14-11-18)23(31)34-24(2,3)4)21-8-6-19-7-9-22(16-20(19)15-21)35-36(32,33)25(26,27)28/h7,9,16,18,21H,5-6,8,10-15,17H2,1-4H3. The molecule has 1 amide bonds. The van der Waals surface area contributed by atoms with E-state index in [1.165, 1.54) is 12.1 Å². The van der Waals surface area contributed by atoms with E-state index in [4.69, 9.17) is 4.74 Å². The molecule has 2 aliphatic rings. The molecule has 7 nitrogen and oxygen atoms in total. The Hall–Kier alpha value is -2.01. The highest BCUT2D eigenvalue weighted by atomic mass is 32.2. The monoisotopic (exact) mass is 534 g/mol. The Labute approximate surface area is 212 Å². The molecular weight excluding hydrogens is 497 g/mol. The van der Waals surface area contributed by atoms with E-state index < -0.39 is 21.2 Å². The second kappa shape index (κ2) is 11.2. The summed E-state index contributed by atoms with van der Waals surface area (Å²) in [6.07, 6.45) is 4.77. The number of fused-ring (bicyclic) bond motifs is 1. The summed E-state index contributed by atoms with van der Waals surface area (Å²) in [4.78, 5) is 16.6. The smallest absolute Gasteiger partial charge is 0.444 e. The van der Waals surface area contributed by atoms with Gasteiger partial charge in [0.2, 0.25) is 0 Å². The summed E-state index contributed by atoms with van der Waals surface area (Å²) >= 11 is 0. The van der Waals surface area contributed by atoms with Crippen molar-refractivity contribution in [2.45, 2.75) is 83.4 Å². The maximum atomic E-state index is 12.7. The molecule has 0 radical (unpaired) electrons. The normalized spacial score (nSPS) is 19.8. The van der Waals surface area contributed by atoms with E-state index in [0.717, 1.165) is 56.3 Å². The molecule has 1 saturated heterocycles. The molecule has 11 heteroatoms. The third-order valence-corrected chi connectivity index (χ3v) is 7.63. The number of carbonyl (C=O) groups excluding carboxylic acids is 1. The maximum absolute atomic E-state index is 12.7. The second-order valence-corrected chi connectivity index (χ2v) is 12.3. The van der Waals surface area contributed by atoms with Crippen LogP contribution >= 0.6 is 0 Å². The van der Waals surface area contributed by atoms with Gasteiger partial charge in [-0.15, -0.1) is 0 Å². The summed E-state index contributed by atoms with van der Waals surface area (Å²) in [5.41, 5.74) is -4.17. The van der Waals surface area contributed by atoms with Crippen molar-refractivity contribution in [2.75, 3.05) is 26.2 Å².